The Morgan fingerprint density at radius 3 is 2.56 bits per heavy atom. The Hall–Kier alpha value is -0.120. The number of likely N-dealkylation sites (tertiary alicyclic amines) is 1. The quantitative estimate of drug-likeness (QED) is 0.791. The molecule has 0 aliphatic carbocycles. The molecule has 0 saturated carbocycles. The summed E-state index contributed by atoms with van der Waals surface area (Å²) in [6, 6.07) is 0.237. The standard InChI is InChI=1S/C15H32N2O/c1-5-16-14(12-18)11-17-9-6-7-13(8-10-17)15(2,3)4/h13-14,16,18H,5-12H2,1-4H3. The zero-order valence-electron chi connectivity index (χ0n) is 12.7. The average molecular weight is 256 g/mol. The number of nitrogens with one attached hydrogen (secondary N) is 1. The van der Waals surface area contributed by atoms with Gasteiger partial charge in [0.25, 0.3) is 0 Å². The fourth-order valence-corrected chi connectivity index (χ4v) is 2.99. The van der Waals surface area contributed by atoms with E-state index in [1.54, 1.807) is 0 Å². The molecule has 0 spiro atoms. The predicted octanol–water partition coefficient (Wildman–Crippen LogP) is 2.10. The van der Waals surface area contributed by atoms with E-state index >= 15 is 0 Å². The topological polar surface area (TPSA) is 35.5 Å². The van der Waals surface area contributed by atoms with Gasteiger partial charge >= 0.3 is 0 Å². The van der Waals surface area contributed by atoms with Gasteiger partial charge in [0, 0.05) is 12.6 Å². The number of hydrogen-bond acceptors (Lipinski definition) is 3. The van der Waals surface area contributed by atoms with Crippen LogP contribution in [0, 0.1) is 11.3 Å². The second-order valence-electron chi connectivity index (χ2n) is 6.73. The molecule has 1 heterocycles. The lowest BCUT2D eigenvalue weighted by molar-refractivity contribution is 0.176. The summed E-state index contributed by atoms with van der Waals surface area (Å²) in [7, 11) is 0. The Labute approximate surface area is 113 Å². The Balaban J connectivity index is 2.41. The minimum Gasteiger partial charge on any atom is -0.395 e. The summed E-state index contributed by atoms with van der Waals surface area (Å²) in [4.78, 5) is 2.52. The van der Waals surface area contributed by atoms with E-state index in [1.165, 1.54) is 32.4 Å². The molecule has 0 aromatic carbocycles. The van der Waals surface area contributed by atoms with Crippen molar-refractivity contribution in [2.45, 2.75) is 53.0 Å². The normalized spacial score (nSPS) is 24.8. The Morgan fingerprint density at radius 1 is 1.28 bits per heavy atom. The van der Waals surface area contributed by atoms with Crippen LogP contribution >= 0.6 is 0 Å². The summed E-state index contributed by atoms with van der Waals surface area (Å²) in [5.74, 6) is 0.842. The summed E-state index contributed by atoms with van der Waals surface area (Å²) in [5.41, 5.74) is 0.439. The Morgan fingerprint density at radius 2 is 2.00 bits per heavy atom. The minimum atomic E-state index is 0.237. The molecule has 1 aliphatic rings. The molecule has 3 heteroatoms. The highest BCUT2D eigenvalue weighted by molar-refractivity contribution is 4.80. The highest BCUT2D eigenvalue weighted by Gasteiger charge is 2.27. The molecular formula is C15H32N2O. The molecule has 2 N–H and O–H groups in total. The summed E-state index contributed by atoms with van der Waals surface area (Å²) in [5, 5.41) is 12.7. The molecule has 1 aliphatic heterocycles. The second kappa shape index (κ2) is 7.46. The first-order valence-electron chi connectivity index (χ1n) is 7.54. The molecular weight excluding hydrogens is 224 g/mol. The third-order valence-corrected chi connectivity index (χ3v) is 4.24. The van der Waals surface area contributed by atoms with Gasteiger partial charge in [0.15, 0.2) is 0 Å². The maximum Gasteiger partial charge on any atom is 0.0597 e. The molecule has 1 rings (SSSR count). The molecule has 2 atom stereocenters. The van der Waals surface area contributed by atoms with Crippen molar-refractivity contribution in [1.82, 2.24) is 10.2 Å². The van der Waals surface area contributed by atoms with Gasteiger partial charge in [-0.05, 0) is 50.2 Å². The third-order valence-electron chi connectivity index (χ3n) is 4.24. The van der Waals surface area contributed by atoms with Gasteiger partial charge in [0.2, 0.25) is 0 Å². The molecule has 0 bridgehead atoms. The molecule has 18 heavy (non-hydrogen) atoms. The van der Waals surface area contributed by atoms with Gasteiger partial charge in [-0.25, -0.2) is 0 Å². The van der Waals surface area contributed by atoms with Crippen LogP contribution in [0.3, 0.4) is 0 Å². The van der Waals surface area contributed by atoms with Crippen LogP contribution in [0.4, 0.5) is 0 Å². The summed E-state index contributed by atoms with van der Waals surface area (Å²) >= 11 is 0. The number of aliphatic hydroxyl groups is 1. The Kier molecular flexibility index (Phi) is 6.61. The largest absolute Gasteiger partial charge is 0.395 e. The van der Waals surface area contributed by atoms with Crippen molar-refractivity contribution in [3.05, 3.63) is 0 Å². The number of hydrogen-bond donors (Lipinski definition) is 2. The van der Waals surface area contributed by atoms with E-state index < -0.39 is 0 Å². The van der Waals surface area contributed by atoms with Crippen LogP contribution in [0.15, 0.2) is 0 Å². The van der Waals surface area contributed by atoms with Crippen LogP contribution in [-0.4, -0.2) is 48.8 Å². The molecule has 1 fully saturated rings. The molecule has 0 aromatic heterocycles. The lowest BCUT2D eigenvalue weighted by Gasteiger charge is -2.30. The Bertz CT molecular complexity index is 225. The summed E-state index contributed by atoms with van der Waals surface area (Å²) in [6.45, 7) is 13.7. The molecule has 0 aromatic rings. The van der Waals surface area contributed by atoms with E-state index in [0.717, 1.165) is 19.0 Å². The summed E-state index contributed by atoms with van der Waals surface area (Å²) < 4.78 is 0. The van der Waals surface area contributed by atoms with Gasteiger partial charge < -0.3 is 15.3 Å². The van der Waals surface area contributed by atoms with Crippen LogP contribution < -0.4 is 5.32 Å². The van der Waals surface area contributed by atoms with Crippen molar-refractivity contribution in [1.29, 1.82) is 0 Å². The van der Waals surface area contributed by atoms with E-state index in [1.807, 2.05) is 0 Å². The lowest BCUT2D eigenvalue weighted by atomic mass is 9.77. The van der Waals surface area contributed by atoms with Crippen LogP contribution in [-0.2, 0) is 0 Å². The average Bonchev–Trinajstić information content (AvgIpc) is 2.53. The van der Waals surface area contributed by atoms with Crippen molar-refractivity contribution in [3.63, 3.8) is 0 Å². The highest BCUT2D eigenvalue weighted by atomic mass is 16.3. The third kappa shape index (κ3) is 5.25. The molecule has 0 radical (unpaired) electrons. The van der Waals surface area contributed by atoms with Crippen molar-refractivity contribution < 1.29 is 5.11 Å². The van der Waals surface area contributed by atoms with Gasteiger partial charge in [0.05, 0.1) is 6.61 Å². The van der Waals surface area contributed by atoms with Crippen molar-refractivity contribution in [2.24, 2.45) is 11.3 Å². The van der Waals surface area contributed by atoms with E-state index in [9.17, 15) is 5.11 Å². The smallest absolute Gasteiger partial charge is 0.0597 e. The molecule has 3 nitrogen and oxygen atoms in total. The van der Waals surface area contributed by atoms with E-state index in [4.69, 9.17) is 0 Å². The predicted molar refractivity (Wildman–Crippen MR) is 77.8 cm³/mol. The zero-order valence-corrected chi connectivity index (χ0v) is 12.7. The van der Waals surface area contributed by atoms with Crippen LogP contribution in [0.1, 0.15) is 47.0 Å². The molecule has 108 valence electrons. The van der Waals surface area contributed by atoms with Crippen LogP contribution in [0.25, 0.3) is 0 Å². The van der Waals surface area contributed by atoms with Gasteiger partial charge in [-0.1, -0.05) is 27.7 Å². The first-order chi connectivity index (χ1) is 8.47. The van der Waals surface area contributed by atoms with E-state index in [0.29, 0.717) is 5.41 Å². The molecule has 2 unspecified atom stereocenters. The zero-order chi connectivity index (χ0) is 13.6. The molecule has 0 amide bonds. The first kappa shape index (κ1) is 15.9. The van der Waals surface area contributed by atoms with Crippen LogP contribution in [0.2, 0.25) is 0 Å². The van der Waals surface area contributed by atoms with E-state index in [2.05, 4.69) is 37.9 Å². The van der Waals surface area contributed by atoms with Gasteiger partial charge in [-0.2, -0.15) is 0 Å². The second-order valence-corrected chi connectivity index (χ2v) is 6.73. The SMILES string of the molecule is CCNC(CO)CN1CCCC(C(C)(C)C)CC1. The summed E-state index contributed by atoms with van der Waals surface area (Å²) in [6.07, 6.45) is 3.95. The monoisotopic (exact) mass is 256 g/mol. The van der Waals surface area contributed by atoms with Crippen molar-refractivity contribution in [2.75, 3.05) is 32.8 Å². The maximum absolute atomic E-state index is 9.35. The lowest BCUT2D eigenvalue weighted by Crippen LogP contribution is -2.43. The number of likely N-dealkylation sites (N-methyl/N-ethyl adjacent to an activating group) is 1. The van der Waals surface area contributed by atoms with Gasteiger partial charge in [-0.15, -0.1) is 0 Å². The first-order valence-corrected chi connectivity index (χ1v) is 7.54. The molecule has 1 saturated heterocycles. The maximum atomic E-state index is 9.35. The fourth-order valence-electron chi connectivity index (χ4n) is 2.99. The van der Waals surface area contributed by atoms with Crippen molar-refractivity contribution in [3.8, 4) is 0 Å². The van der Waals surface area contributed by atoms with Gasteiger partial charge in [0.1, 0.15) is 0 Å². The van der Waals surface area contributed by atoms with E-state index in [-0.39, 0.29) is 12.6 Å². The van der Waals surface area contributed by atoms with Crippen molar-refractivity contribution >= 4 is 0 Å². The number of aliphatic hydroxyl groups excluding tert-OH is 1. The minimum absolute atomic E-state index is 0.237. The number of nitrogens with zero attached hydrogens (tertiary/aromatic N) is 1. The van der Waals surface area contributed by atoms with Gasteiger partial charge in [-0.3, -0.25) is 0 Å². The fraction of sp³-hybridized carbons (Fsp3) is 1.00. The highest BCUT2D eigenvalue weighted by Crippen LogP contribution is 2.34. The van der Waals surface area contributed by atoms with Crippen LogP contribution in [0.5, 0.6) is 0 Å². The number of rotatable bonds is 5.